The van der Waals surface area contributed by atoms with E-state index in [1.165, 1.54) is 6.07 Å². The number of carbonyl (C=O) groups is 1. The molecule has 1 atom stereocenters. The maximum Gasteiger partial charge on any atom is 0.317 e. The van der Waals surface area contributed by atoms with E-state index < -0.39 is 5.97 Å². The summed E-state index contributed by atoms with van der Waals surface area (Å²) in [5.41, 5.74) is 1.64. The number of nitrogens with zero attached hydrogens (tertiary/aromatic N) is 1. The minimum absolute atomic E-state index is 0.0233. The molecule has 18 heavy (non-hydrogen) atoms. The molecule has 0 heterocycles. The van der Waals surface area contributed by atoms with Crippen LogP contribution in [-0.2, 0) is 11.2 Å². The SMILES string of the molecule is C=CCN(CC(=O)O)C1CCc2c(F)cccc21. The number of hydrogen-bond acceptors (Lipinski definition) is 2. The zero-order chi connectivity index (χ0) is 13.1. The van der Waals surface area contributed by atoms with Gasteiger partial charge in [-0.2, -0.15) is 0 Å². The molecule has 0 saturated heterocycles. The molecule has 1 aromatic carbocycles. The molecule has 1 aliphatic carbocycles. The molecule has 1 unspecified atom stereocenters. The van der Waals surface area contributed by atoms with Crippen LogP contribution >= 0.6 is 0 Å². The van der Waals surface area contributed by atoms with Crippen molar-refractivity contribution in [3.63, 3.8) is 0 Å². The summed E-state index contributed by atoms with van der Waals surface area (Å²) in [7, 11) is 0. The minimum atomic E-state index is -0.873. The molecule has 0 fully saturated rings. The van der Waals surface area contributed by atoms with Gasteiger partial charge < -0.3 is 5.11 Å². The molecule has 2 rings (SSSR count). The second-order valence-corrected chi connectivity index (χ2v) is 4.47. The van der Waals surface area contributed by atoms with Crippen LogP contribution in [0.2, 0.25) is 0 Å². The lowest BCUT2D eigenvalue weighted by Crippen LogP contribution is -2.32. The molecule has 0 amide bonds. The average Bonchev–Trinajstić information content (AvgIpc) is 2.73. The third kappa shape index (κ3) is 2.43. The molecule has 1 aromatic rings. The van der Waals surface area contributed by atoms with E-state index >= 15 is 0 Å². The predicted molar refractivity (Wildman–Crippen MR) is 66.9 cm³/mol. The summed E-state index contributed by atoms with van der Waals surface area (Å²) >= 11 is 0. The van der Waals surface area contributed by atoms with E-state index in [9.17, 15) is 9.18 Å². The summed E-state index contributed by atoms with van der Waals surface area (Å²) in [5, 5.41) is 8.92. The first kappa shape index (κ1) is 12.8. The molecule has 0 radical (unpaired) electrons. The van der Waals surface area contributed by atoms with E-state index in [-0.39, 0.29) is 18.4 Å². The van der Waals surface area contributed by atoms with Crippen molar-refractivity contribution in [1.29, 1.82) is 0 Å². The molecular formula is C14H16FNO2. The summed E-state index contributed by atoms with van der Waals surface area (Å²) in [6.45, 7) is 4.09. The maximum absolute atomic E-state index is 13.6. The fourth-order valence-electron chi connectivity index (χ4n) is 2.61. The van der Waals surface area contributed by atoms with E-state index in [2.05, 4.69) is 6.58 Å². The predicted octanol–water partition coefficient (Wildman–Crippen LogP) is 2.39. The van der Waals surface area contributed by atoms with Crippen molar-refractivity contribution in [3.05, 3.63) is 47.8 Å². The Labute approximate surface area is 106 Å². The monoisotopic (exact) mass is 249 g/mol. The Bertz CT molecular complexity index is 473. The summed E-state index contributed by atoms with van der Waals surface area (Å²) in [6.07, 6.45) is 3.11. The Morgan fingerprint density at radius 2 is 2.39 bits per heavy atom. The van der Waals surface area contributed by atoms with Gasteiger partial charge in [-0.15, -0.1) is 6.58 Å². The van der Waals surface area contributed by atoms with Crippen LogP contribution in [0, 0.1) is 5.82 Å². The van der Waals surface area contributed by atoms with E-state index in [0.29, 0.717) is 13.0 Å². The van der Waals surface area contributed by atoms with Gasteiger partial charge >= 0.3 is 5.97 Å². The minimum Gasteiger partial charge on any atom is -0.480 e. The Kier molecular flexibility index (Phi) is 3.77. The zero-order valence-corrected chi connectivity index (χ0v) is 10.1. The first-order valence-electron chi connectivity index (χ1n) is 5.97. The van der Waals surface area contributed by atoms with Crippen LogP contribution in [0.5, 0.6) is 0 Å². The van der Waals surface area contributed by atoms with Crippen molar-refractivity contribution < 1.29 is 14.3 Å². The van der Waals surface area contributed by atoms with Gasteiger partial charge in [-0.1, -0.05) is 18.2 Å². The molecule has 0 spiro atoms. The van der Waals surface area contributed by atoms with Crippen LogP contribution in [-0.4, -0.2) is 29.1 Å². The van der Waals surface area contributed by atoms with E-state index in [1.54, 1.807) is 12.1 Å². The van der Waals surface area contributed by atoms with Crippen LogP contribution < -0.4 is 0 Å². The van der Waals surface area contributed by atoms with E-state index in [0.717, 1.165) is 17.5 Å². The number of carboxylic acid groups (broad SMARTS) is 1. The van der Waals surface area contributed by atoms with Gasteiger partial charge in [-0.25, -0.2) is 4.39 Å². The summed E-state index contributed by atoms with van der Waals surface area (Å²) < 4.78 is 13.6. The Morgan fingerprint density at radius 1 is 1.61 bits per heavy atom. The van der Waals surface area contributed by atoms with E-state index in [1.807, 2.05) is 11.0 Å². The Morgan fingerprint density at radius 3 is 3.06 bits per heavy atom. The van der Waals surface area contributed by atoms with Gasteiger partial charge in [-0.3, -0.25) is 9.69 Å². The van der Waals surface area contributed by atoms with Crippen molar-refractivity contribution >= 4 is 5.97 Å². The first-order chi connectivity index (χ1) is 8.63. The van der Waals surface area contributed by atoms with Gasteiger partial charge in [0.15, 0.2) is 0 Å². The lowest BCUT2D eigenvalue weighted by Gasteiger charge is -2.26. The smallest absolute Gasteiger partial charge is 0.317 e. The van der Waals surface area contributed by atoms with Crippen molar-refractivity contribution in [2.24, 2.45) is 0 Å². The summed E-state index contributed by atoms with van der Waals surface area (Å²) in [5.74, 6) is -1.06. The molecule has 4 heteroatoms. The molecule has 0 saturated carbocycles. The number of carboxylic acids is 1. The number of benzene rings is 1. The maximum atomic E-state index is 13.6. The van der Waals surface area contributed by atoms with Crippen LogP contribution in [0.3, 0.4) is 0 Å². The highest BCUT2D eigenvalue weighted by molar-refractivity contribution is 5.69. The number of rotatable bonds is 5. The number of aliphatic carboxylic acids is 1. The largest absolute Gasteiger partial charge is 0.480 e. The second-order valence-electron chi connectivity index (χ2n) is 4.47. The van der Waals surface area contributed by atoms with Crippen molar-refractivity contribution in [2.45, 2.75) is 18.9 Å². The Balaban J connectivity index is 2.27. The number of halogens is 1. The van der Waals surface area contributed by atoms with Gasteiger partial charge in [0.05, 0.1) is 6.54 Å². The summed E-state index contributed by atoms with van der Waals surface area (Å²) in [6, 6.07) is 4.99. The number of fused-ring (bicyclic) bond motifs is 1. The molecule has 0 bridgehead atoms. The van der Waals surface area contributed by atoms with Gasteiger partial charge in [0.2, 0.25) is 0 Å². The standard InChI is InChI=1S/C14H16FNO2/c1-2-8-16(9-14(17)18)13-7-6-10-11(13)4-3-5-12(10)15/h2-5,13H,1,6-9H2,(H,17,18). The zero-order valence-electron chi connectivity index (χ0n) is 10.1. The van der Waals surface area contributed by atoms with Crippen LogP contribution in [0.1, 0.15) is 23.6 Å². The van der Waals surface area contributed by atoms with Crippen LogP contribution in [0.15, 0.2) is 30.9 Å². The molecule has 1 N–H and O–H groups in total. The van der Waals surface area contributed by atoms with Crippen LogP contribution in [0.4, 0.5) is 4.39 Å². The molecular weight excluding hydrogens is 233 g/mol. The molecule has 0 aliphatic heterocycles. The number of hydrogen-bond donors (Lipinski definition) is 1. The van der Waals surface area contributed by atoms with Gasteiger partial charge in [0.1, 0.15) is 5.82 Å². The normalized spacial score (nSPS) is 17.8. The van der Waals surface area contributed by atoms with Crippen LogP contribution in [0.25, 0.3) is 0 Å². The highest BCUT2D eigenvalue weighted by atomic mass is 19.1. The van der Waals surface area contributed by atoms with Gasteiger partial charge in [0.25, 0.3) is 0 Å². The van der Waals surface area contributed by atoms with Gasteiger partial charge in [0, 0.05) is 12.6 Å². The fraction of sp³-hybridized carbons (Fsp3) is 0.357. The molecule has 96 valence electrons. The first-order valence-corrected chi connectivity index (χ1v) is 5.97. The lowest BCUT2D eigenvalue weighted by molar-refractivity contribution is -0.138. The van der Waals surface area contributed by atoms with Crippen molar-refractivity contribution in [1.82, 2.24) is 4.90 Å². The lowest BCUT2D eigenvalue weighted by atomic mass is 10.1. The third-order valence-corrected chi connectivity index (χ3v) is 3.32. The van der Waals surface area contributed by atoms with Gasteiger partial charge in [-0.05, 0) is 30.0 Å². The highest BCUT2D eigenvalue weighted by Gasteiger charge is 2.29. The highest BCUT2D eigenvalue weighted by Crippen LogP contribution is 2.36. The molecule has 3 nitrogen and oxygen atoms in total. The molecule has 0 aromatic heterocycles. The third-order valence-electron chi connectivity index (χ3n) is 3.32. The van der Waals surface area contributed by atoms with E-state index in [4.69, 9.17) is 5.11 Å². The second kappa shape index (κ2) is 5.31. The molecule has 1 aliphatic rings. The van der Waals surface area contributed by atoms with Crippen molar-refractivity contribution in [2.75, 3.05) is 13.1 Å². The average molecular weight is 249 g/mol. The van der Waals surface area contributed by atoms with Crippen molar-refractivity contribution in [3.8, 4) is 0 Å². The quantitative estimate of drug-likeness (QED) is 0.814. The Hall–Kier alpha value is -1.68. The topological polar surface area (TPSA) is 40.5 Å². The fourth-order valence-corrected chi connectivity index (χ4v) is 2.61. The summed E-state index contributed by atoms with van der Waals surface area (Å²) in [4.78, 5) is 12.7.